The molecule has 0 saturated heterocycles. The predicted octanol–water partition coefficient (Wildman–Crippen LogP) is 4.06. The number of sulfonamides is 1. The first-order valence-corrected chi connectivity index (χ1v) is 14.6. The largest absolute Gasteiger partial charge is 0.352 e. The van der Waals surface area contributed by atoms with Gasteiger partial charge in [0.25, 0.3) is 0 Å². The van der Waals surface area contributed by atoms with Gasteiger partial charge in [-0.05, 0) is 83.8 Å². The van der Waals surface area contributed by atoms with Crippen molar-refractivity contribution in [1.29, 1.82) is 0 Å². The highest BCUT2D eigenvalue weighted by Gasteiger charge is 2.33. The van der Waals surface area contributed by atoms with Crippen molar-refractivity contribution in [3.63, 3.8) is 0 Å². The normalized spacial score (nSPS) is 15.0. The fraction of sp³-hybridized carbons (Fsp3) is 0.440. The topological polar surface area (TPSA) is 86.8 Å². The lowest BCUT2D eigenvalue weighted by Gasteiger charge is -2.33. The van der Waals surface area contributed by atoms with Crippen molar-refractivity contribution in [1.82, 2.24) is 10.2 Å². The Kier molecular flexibility index (Phi) is 9.51. The summed E-state index contributed by atoms with van der Waals surface area (Å²) < 4.78 is 40.7. The number of benzene rings is 2. The first-order valence-electron chi connectivity index (χ1n) is 11.7. The van der Waals surface area contributed by atoms with Gasteiger partial charge in [0.05, 0.1) is 11.9 Å². The number of anilines is 1. The molecule has 10 heteroatoms. The van der Waals surface area contributed by atoms with Gasteiger partial charge in [0.15, 0.2) is 0 Å². The van der Waals surface area contributed by atoms with E-state index in [9.17, 15) is 22.4 Å². The van der Waals surface area contributed by atoms with Crippen LogP contribution in [-0.2, 0) is 26.2 Å². The zero-order valence-corrected chi connectivity index (χ0v) is 22.9. The van der Waals surface area contributed by atoms with Gasteiger partial charge in [-0.1, -0.05) is 31.9 Å². The van der Waals surface area contributed by atoms with Crippen molar-refractivity contribution in [3.05, 3.63) is 63.5 Å². The molecule has 190 valence electrons. The molecule has 1 N–H and O–H groups in total. The van der Waals surface area contributed by atoms with E-state index >= 15 is 0 Å². The lowest BCUT2D eigenvalue weighted by molar-refractivity contribution is -0.140. The van der Waals surface area contributed by atoms with Crippen LogP contribution in [0.2, 0.25) is 0 Å². The molecule has 2 aromatic carbocycles. The molecule has 2 amide bonds. The summed E-state index contributed by atoms with van der Waals surface area (Å²) in [4.78, 5) is 28.2. The Bertz CT molecular complexity index is 1120. The Morgan fingerprint density at radius 2 is 1.69 bits per heavy atom. The summed E-state index contributed by atoms with van der Waals surface area (Å²) in [6.45, 7) is 1.42. The maximum atomic E-state index is 13.6. The molecule has 2 aromatic rings. The SMILES string of the molecule is CC[C@@H](C(=O)NC1CCCC1)N(Cc1ccc(F)cc1)C(=O)CN(c1ccc(I)cc1)S(C)(=O)=O. The fourth-order valence-electron chi connectivity index (χ4n) is 4.29. The predicted molar refractivity (Wildman–Crippen MR) is 143 cm³/mol. The second kappa shape index (κ2) is 12.2. The summed E-state index contributed by atoms with van der Waals surface area (Å²) in [5.41, 5.74) is 1.01. The molecule has 3 rings (SSSR count). The average molecular weight is 616 g/mol. The summed E-state index contributed by atoms with van der Waals surface area (Å²) in [6, 6.07) is 11.8. The monoisotopic (exact) mass is 615 g/mol. The van der Waals surface area contributed by atoms with Crippen LogP contribution in [0.5, 0.6) is 0 Å². The van der Waals surface area contributed by atoms with Crippen molar-refractivity contribution in [2.24, 2.45) is 0 Å². The molecule has 0 heterocycles. The van der Waals surface area contributed by atoms with Gasteiger partial charge in [-0.25, -0.2) is 12.8 Å². The number of halogens is 2. The summed E-state index contributed by atoms with van der Waals surface area (Å²) in [5.74, 6) is -1.17. The van der Waals surface area contributed by atoms with E-state index in [4.69, 9.17) is 0 Å². The van der Waals surface area contributed by atoms with E-state index in [1.165, 1.54) is 17.0 Å². The first kappa shape index (κ1) is 27.4. The van der Waals surface area contributed by atoms with Gasteiger partial charge in [0.1, 0.15) is 18.4 Å². The third-order valence-electron chi connectivity index (χ3n) is 6.15. The van der Waals surface area contributed by atoms with Gasteiger partial charge in [-0.15, -0.1) is 0 Å². The Balaban J connectivity index is 1.90. The third-order valence-corrected chi connectivity index (χ3v) is 8.01. The molecular weight excluding hydrogens is 584 g/mol. The molecule has 0 unspecified atom stereocenters. The number of carbonyl (C=O) groups is 2. The molecule has 0 spiro atoms. The third kappa shape index (κ3) is 7.63. The van der Waals surface area contributed by atoms with Gasteiger partial charge in [0, 0.05) is 16.2 Å². The molecule has 1 aliphatic rings. The van der Waals surface area contributed by atoms with Crippen LogP contribution in [-0.4, -0.2) is 50.0 Å². The summed E-state index contributed by atoms with van der Waals surface area (Å²) in [5, 5.41) is 3.06. The quantitative estimate of drug-likeness (QED) is 0.409. The second-order valence-electron chi connectivity index (χ2n) is 8.81. The summed E-state index contributed by atoms with van der Waals surface area (Å²) in [7, 11) is -3.78. The Morgan fingerprint density at radius 1 is 1.09 bits per heavy atom. The number of carbonyl (C=O) groups excluding carboxylic acids is 2. The van der Waals surface area contributed by atoms with Crippen LogP contribution in [0.4, 0.5) is 10.1 Å². The van der Waals surface area contributed by atoms with E-state index < -0.39 is 34.3 Å². The molecule has 0 aromatic heterocycles. The van der Waals surface area contributed by atoms with E-state index in [0.717, 1.165) is 39.8 Å². The molecular formula is C25H31FIN3O4S. The number of nitrogens with one attached hydrogen (secondary N) is 1. The van der Waals surface area contributed by atoms with E-state index in [2.05, 4.69) is 27.9 Å². The van der Waals surface area contributed by atoms with E-state index in [1.807, 2.05) is 6.92 Å². The van der Waals surface area contributed by atoms with Crippen LogP contribution in [0.25, 0.3) is 0 Å². The van der Waals surface area contributed by atoms with Crippen molar-refractivity contribution in [2.45, 2.75) is 57.7 Å². The highest BCUT2D eigenvalue weighted by Crippen LogP contribution is 2.22. The molecule has 35 heavy (non-hydrogen) atoms. The smallest absolute Gasteiger partial charge is 0.244 e. The number of amides is 2. The zero-order chi connectivity index (χ0) is 25.6. The van der Waals surface area contributed by atoms with Crippen LogP contribution in [0.15, 0.2) is 48.5 Å². The van der Waals surface area contributed by atoms with E-state index in [-0.39, 0.29) is 18.5 Å². The van der Waals surface area contributed by atoms with Crippen LogP contribution < -0.4 is 9.62 Å². The Labute approximate surface area is 220 Å². The van der Waals surface area contributed by atoms with Crippen molar-refractivity contribution in [2.75, 3.05) is 17.1 Å². The lowest BCUT2D eigenvalue weighted by atomic mass is 10.1. The van der Waals surface area contributed by atoms with Crippen LogP contribution in [0.3, 0.4) is 0 Å². The molecule has 1 aliphatic carbocycles. The molecule has 7 nitrogen and oxygen atoms in total. The molecule has 0 radical (unpaired) electrons. The molecule has 0 bridgehead atoms. The first-order chi connectivity index (χ1) is 16.6. The minimum atomic E-state index is -3.78. The Morgan fingerprint density at radius 3 is 2.23 bits per heavy atom. The van der Waals surface area contributed by atoms with Gasteiger partial charge in [-0.2, -0.15) is 0 Å². The van der Waals surface area contributed by atoms with Crippen LogP contribution in [0, 0.1) is 9.39 Å². The van der Waals surface area contributed by atoms with E-state index in [1.54, 1.807) is 36.4 Å². The van der Waals surface area contributed by atoms with Gasteiger partial charge < -0.3 is 10.2 Å². The lowest BCUT2D eigenvalue weighted by Crippen LogP contribution is -2.53. The molecule has 0 aliphatic heterocycles. The number of hydrogen-bond donors (Lipinski definition) is 1. The van der Waals surface area contributed by atoms with Crippen LogP contribution in [0.1, 0.15) is 44.6 Å². The standard InChI is InChI=1S/C25H31FIN3O4S/c1-3-23(25(32)28-21-6-4-5-7-21)29(16-18-8-10-19(26)11-9-18)24(31)17-30(35(2,33)34)22-14-12-20(27)13-15-22/h8-15,21,23H,3-7,16-17H2,1-2H3,(H,28,32)/t23-/m0/s1. The summed E-state index contributed by atoms with van der Waals surface area (Å²) in [6.07, 6.45) is 5.32. The highest BCUT2D eigenvalue weighted by atomic mass is 127. The van der Waals surface area contributed by atoms with Gasteiger partial charge in [-0.3, -0.25) is 13.9 Å². The fourth-order valence-corrected chi connectivity index (χ4v) is 5.50. The second-order valence-corrected chi connectivity index (χ2v) is 12.0. The van der Waals surface area contributed by atoms with Gasteiger partial charge in [0.2, 0.25) is 21.8 Å². The molecule has 1 saturated carbocycles. The Hall–Kier alpha value is -2.21. The minimum Gasteiger partial charge on any atom is -0.352 e. The number of nitrogens with zero attached hydrogens (tertiary/aromatic N) is 2. The molecule has 1 fully saturated rings. The van der Waals surface area contributed by atoms with Gasteiger partial charge >= 0.3 is 0 Å². The van der Waals surface area contributed by atoms with Crippen molar-refractivity contribution >= 4 is 50.1 Å². The minimum absolute atomic E-state index is 0.0556. The summed E-state index contributed by atoms with van der Waals surface area (Å²) >= 11 is 2.12. The van der Waals surface area contributed by atoms with E-state index in [0.29, 0.717) is 17.7 Å². The average Bonchev–Trinajstić information content (AvgIpc) is 3.31. The number of hydrogen-bond acceptors (Lipinski definition) is 4. The van der Waals surface area contributed by atoms with Crippen molar-refractivity contribution < 1.29 is 22.4 Å². The maximum absolute atomic E-state index is 13.6. The molecule has 1 atom stereocenters. The number of rotatable bonds is 10. The highest BCUT2D eigenvalue weighted by molar-refractivity contribution is 14.1. The zero-order valence-electron chi connectivity index (χ0n) is 19.9. The van der Waals surface area contributed by atoms with Crippen molar-refractivity contribution in [3.8, 4) is 0 Å². The maximum Gasteiger partial charge on any atom is 0.244 e. The van der Waals surface area contributed by atoms with Crippen LogP contribution >= 0.6 is 22.6 Å².